The lowest BCUT2D eigenvalue weighted by Gasteiger charge is -2.45. The van der Waals surface area contributed by atoms with Gasteiger partial charge in [-0.15, -0.1) is 0 Å². The lowest BCUT2D eigenvalue weighted by Crippen LogP contribution is -2.51. The molecule has 4 rings (SSSR count). The summed E-state index contributed by atoms with van der Waals surface area (Å²) in [4.78, 5) is 20.4. The van der Waals surface area contributed by atoms with Crippen LogP contribution in [-0.2, 0) is 21.5 Å². The van der Waals surface area contributed by atoms with E-state index < -0.39 is 5.54 Å². The Bertz CT molecular complexity index is 759. The summed E-state index contributed by atoms with van der Waals surface area (Å²) >= 11 is 5.15. The van der Waals surface area contributed by atoms with Crippen molar-refractivity contribution in [3.63, 3.8) is 0 Å². The van der Waals surface area contributed by atoms with Crippen molar-refractivity contribution in [1.82, 2.24) is 4.90 Å². The Balaban J connectivity index is 0.00000102. The minimum atomic E-state index is -0.766. The number of rotatable bonds is 1. The van der Waals surface area contributed by atoms with Gasteiger partial charge in [-0.3, -0.25) is 9.69 Å². The van der Waals surface area contributed by atoms with Crippen molar-refractivity contribution < 1.29 is 9.53 Å². The van der Waals surface area contributed by atoms with Crippen molar-refractivity contribution in [2.75, 3.05) is 20.4 Å². The van der Waals surface area contributed by atoms with Gasteiger partial charge in [-0.25, -0.2) is 4.99 Å². The van der Waals surface area contributed by atoms with Crippen molar-refractivity contribution >= 4 is 38.8 Å². The maximum atomic E-state index is 13.5. The number of carbonyl (C=O) groups excluding carboxylic acids is 1. The van der Waals surface area contributed by atoms with Crippen molar-refractivity contribution in [3.8, 4) is 0 Å². The lowest BCUT2D eigenvalue weighted by molar-refractivity contribution is -0.137. The van der Waals surface area contributed by atoms with Crippen LogP contribution in [0.4, 0.5) is 0 Å². The normalized spacial score (nSPS) is 31.8. The number of carbonyl (C=O) groups is 1. The van der Waals surface area contributed by atoms with Gasteiger partial charge in [-0.05, 0) is 61.6 Å². The highest BCUT2D eigenvalue weighted by Crippen LogP contribution is 2.62. The fraction of sp³-hybridized carbons (Fsp3) is 0.619. The summed E-state index contributed by atoms with van der Waals surface area (Å²) in [5, 5.41) is 0.825. The molecule has 1 atom stereocenters. The van der Waals surface area contributed by atoms with E-state index >= 15 is 0 Å². The number of aliphatic imine (C=N–C) groups is 1. The second-order valence-electron chi connectivity index (χ2n) is 7.37. The van der Waals surface area contributed by atoms with Gasteiger partial charge < -0.3 is 4.74 Å². The number of likely N-dealkylation sites (N-methyl/N-ethyl adjacent to an activating group) is 1. The second-order valence-corrected chi connectivity index (χ2v) is 9.06. The number of ether oxygens (including phenoxy) is 1. The number of fused-ring (bicyclic) bond motifs is 3. The van der Waals surface area contributed by atoms with Crippen LogP contribution < -0.4 is 0 Å². The van der Waals surface area contributed by atoms with E-state index in [2.05, 4.69) is 34.1 Å². The lowest BCUT2D eigenvalue weighted by atomic mass is 9.61. The summed E-state index contributed by atoms with van der Waals surface area (Å²) in [7, 11) is 3.65. The topological polar surface area (TPSA) is 41.9 Å². The molecule has 4 nitrogen and oxygen atoms in total. The fourth-order valence-corrected chi connectivity index (χ4v) is 5.98. The van der Waals surface area contributed by atoms with E-state index in [1.807, 2.05) is 27.2 Å². The molecule has 0 aromatic heterocycles. The molecule has 1 aromatic carbocycles. The molecule has 0 bridgehead atoms. The van der Waals surface area contributed by atoms with Gasteiger partial charge in [0.05, 0.1) is 6.10 Å². The van der Waals surface area contributed by atoms with Crippen molar-refractivity contribution in [1.29, 1.82) is 0 Å². The summed E-state index contributed by atoms with van der Waals surface area (Å²) in [6.07, 6.45) is 7.16. The third-order valence-corrected chi connectivity index (χ3v) is 7.55. The van der Waals surface area contributed by atoms with E-state index in [1.165, 1.54) is 5.56 Å². The zero-order valence-corrected chi connectivity index (χ0v) is 19.2. The number of thioether (sulfide) groups is 1. The first-order valence-electron chi connectivity index (χ1n) is 9.71. The van der Waals surface area contributed by atoms with Gasteiger partial charge >= 0.3 is 0 Å². The Hall–Kier alpha value is -0.850. The molecule has 2 spiro atoms. The van der Waals surface area contributed by atoms with Crippen molar-refractivity contribution in [3.05, 3.63) is 33.8 Å². The molecule has 2 aliphatic carbocycles. The molecule has 27 heavy (non-hydrogen) atoms. The number of amides is 1. The van der Waals surface area contributed by atoms with E-state index in [0.29, 0.717) is 6.10 Å². The van der Waals surface area contributed by atoms with Crippen molar-refractivity contribution in [2.45, 2.75) is 57.6 Å². The minimum absolute atomic E-state index is 0.129. The number of benzene rings is 1. The van der Waals surface area contributed by atoms with Crippen LogP contribution in [-0.4, -0.2) is 42.5 Å². The molecule has 6 heteroatoms. The second kappa shape index (κ2) is 7.88. The van der Waals surface area contributed by atoms with Gasteiger partial charge in [0.25, 0.3) is 5.91 Å². The van der Waals surface area contributed by atoms with Crippen LogP contribution in [0.5, 0.6) is 0 Å². The molecule has 1 aromatic rings. The molecular formula is C21H29BrN2O2S. The molecule has 1 aliphatic heterocycles. The maximum absolute atomic E-state index is 13.5. The predicted octanol–water partition coefficient (Wildman–Crippen LogP) is 4.99. The zero-order valence-electron chi connectivity index (χ0n) is 16.8. The average Bonchev–Trinajstić information content (AvgIpc) is 3.11. The predicted molar refractivity (Wildman–Crippen MR) is 116 cm³/mol. The maximum Gasteiger partial charge on any atom is 0.261 e. The standard InChI is InChI=1S/C19H23BrN2O2S.C2H6/c1-22-16(23)19(21-17(22)25-3)15-10-13(20)5-4-12(15)11-18(19)8-6-14(24-2)7-9-18;1-2/h4-5,10,14H,6-9,11H2,1-3H3;1-2H3. The Morgan fingerprint density at radius 2 is 1.96 bits per heavy atom. The monoisotopic (exact) mass is 452 g/mol. The minimum Gasteiger partial charge on any atom is -0.381 e. The molecule has 1 fully saturated rings. The first-order chi connectivity index (χ1) is 13.0. The van der Waals surface area contributed by atoms with Crippen LogP contribution in [0.2, 0.25) is 0 Å². The highest BCUT2D eigenvalue weighted by atomic mass is 79.9. The number of nitrogens with zero attached hydrogens (tertiary/aromatic N) is 2. The van der Waals surface area contributed by atoms with E-state index in [-0.39, 0.29) is 11.3 Å². The summed E-state index contributed by atoms with van der Waals surface area (Å²) in [5.41, 5.74) is 1.47. The molecule has 1 amide bonds. The van der Waals surface area contributed by atoms with Gasteiger partial charge in [0.1, 0.15) is 0 Å². The molecule has 1 heterocycles. The SMILES string of the molecule is CC.COC1CCC2(CC1)Cc1ccc(Br)cc1C21N=C(SC)N(C)C1=O. The first kappa shape index (κ1) is 20.9. The molecule has 3 aliphatic rings. The molecule has 0 radical (unpaired) electrons. The summed E-state index contributed by atoms with van der Waals surface area (Å²) in [5.74, 6) is 0.129. The largest absolute Gasteiger partial charge is 0.381 e. The molecular weight excluding hydrogens is 424 g/mol. The smallest absolute Gasteiger partial charge is 0.261 e. The summed E-state index contributed by atoms with van der Waals surface area (Å²) in [6.45, 7) is 4.00. The highest BCUT2D eigenvalue weighted by Gasteiger charge is 2.66. The number of methoxy groups -OCH3 is 1. The third kappa shape index (κ3) is 2.99. The summed E-state index contributed by atoms with van der Waals surface area (Å²) in [6, 6.07) is 6.36. The van der Waals surface area contributed by atoms with Gasteiger partial charge in [-0.2, -0.15) is 0 Å². The number of hydrogen-bond acceptors (Lipinski definition) is 4. The van der Waals surface area contributed by atoms with Gasteiger partial charge in [0.15, 0.2) is 10.7 Å². The Kier molecular flexibility index (Phi) is 6.09. The molecule has 1 unspecified atom stereocenters. The fourth-order valence-electron chi connectivity index (χ4n) is 5.04. The van der Waals surface area contributed by atoms with Gasteiger partial charge in [0.2, 0.25) is 0 Å². The number of halogens is 1. The zero-order chi connectivity index (χ0) is 19.8. The van der Waals surface area contributed by atoms with Crippen molar-refractivity contribution in [2.24, 2.45) is 10.4 Å². The third-order valence-electron chi connectivity index (χ3n) is 6.33. The van der Waals surface area contributed by atoms with Gasteiger partial charge in [0, 0.05) is 24.0 Å². The van der Waals surface area contributed by atoms with Crippen LogP contribution >= 0.6 is 27.7 Å². The molecule has 148 valence electrons. The highest BCUT2D eigenvalue weighted by molar-refractivity contribution is 9.10. The molecule has 0 saturated heterocycles. The quantitative estimate of drug-likeness (QED) is 0.602. The number of amidine groups is 1. The average molecular weight is 453 g/mol. The van der Waals surface area contributed by atoms with Gasteiger partial charge in [-0.1, -0.05) is 47.6 Å². The molecule has 0 N–H and O–H groups in total. The Labute approximate surface area is 175 Å². The Morgan fingerprint density at radius 1 is 1.30 bits per heavy atom. The first-order valence-corrected chi connectivity index (χ1v) is 11.7. The van der Waals surface area contributed by atoms with E-state index in [4.69, 9.17) is 9.73 Å². The van der Waals surface area contributed by atoms with Crippen LogP contribution in [0.3, 0.4) is 0 Å². The van der Waals surface area contributed by atoms with Crippen LogP contribution in [0.1, 0.15) is 50.7 Å². The molecule has 1 saturated carbocycles. The van der Waals surface area contributed by atoms with E-state index in [9.17, 15) is 4.79 Å². The summed E-state index contributed by atoms with van der Waals surface area (Å²) < 4.78 is 6.60. The van der Waals surface area contributed by atoms with Crippen LogP contribution in [0, 0.1) is 5.41 Å². The Morgan fingerprint density at radius 3 is 2.52 bits per heavy atom. The van der Waals surface area contributed by atoms with E-state index in [1.54, 1.807) is 23.8 Å². The van der Waals surface area contributed by atoms with Crippen LogP contribution in [0.25, 0.3) is 0 Å². The number of hydrogen-bond donors (Lipinski definition) is 0. The van der Waals surface area contributed by atoms with E-state index in [0.717, 1.165) is 47.3 Å². The van der Waals surface area contributed by atoms with Crippen LogP contribution in [0.15, 0.2) is 27.7 Å².